The lowest BCUT2D eigenvalue weighted by Crippen LogP contribution is -2.30. The van der Waals surface area contributed by atoms with Crippen LogP contribution in [0, 0.1) is 12.8 Å². The van der Waals surface area contributed by atoms with Gasteiger partial charge in [-0.15, -0.1) is 0 Å². The first-order valence-corrected chi connectivity index (χ1v) is 7.04. The SMILES string of the molecule is Cc1occc1CN(C)CC(O)CC1CCCC1. The van der Waals surface area contributed by atoms with Gasteiger partial charge in [0.2, 0.25) is 0 Å². The third-order valence-corrected chi connectivity index (χ3v) is 4.01. The molecule has 1 fully saturated rings. The van der Waals surface area contributed by atoms with E-state index in [-0.39, 0.29) is 6.10 Å². The van der Waals surface area contributed by atoms with Crippen LogP contribution in [-0.2, 0) is 6.54 Å². The summed E-state index contributed by atoms with van der Waals surface area (Å²) >= 11 is 0. The van der Waals surface area contributed by atoms with Crippen molar-refractivity contribution in [3.05, 3.63) is 23.7 Å². The average molecular weight is 251 g/mol. The van der Waals surface area contributed by atoms with Gasteiger partial charge in [0.05, 0.1) is 12.4 Å². The molecule has 1 aliphatic carbocycles. The van der Waals surface area contributed by atoms with Crippen LogP contribution < -0.4 is 0 Å². The minimum Gasteiger partial charge on any atom is -0.469 e. The van der Waals surface area contributed by atoms with Crippen LogP contribution in [0.1, 0.15) is 43.4 Å². The smallest absolute Gasteiger partial charge is 0.105 e. The summed E-state index contributed by atoms with van der Waals surface area (Å²) in [6.07, 6.45) is 7.82. The molecule has 0 spiro atoms. The van der Waals surface area contributed by atoms with Crippen molar-refractivity contribution in [2.45, 2.75) is 51.7 Å². The molecule has 18 heavy (non-hydrogen) atoms. The van der Waals surface area contributed by atoms with Gasteiger partial charge in [-0.3, -0.25) is 4.90 Å². The maximum absolute atomic E-state index is 10.1. The second-order valence-electron chi connectivity index (χ2n) is 5.74. The standard InChI is InChI=1S/C15H25NO2/c1-12-14(7-8-18-12)10-16(2)11-15(17)9-13-5-3-4-6-13/h7-8,13,15,17H,3-6,9-11H2,1-2H3. The minimum atomic E-state index is -0.190. The van der Waals surface area contributed by atoms with E-state index < -0.39 is 0 Å². The van der Waals surface area contributed by atoms with Crippen molar-refractivity contribution in [1.82, 2.24) is 4.90 Å². The van der Waals surface area contributed by atoms with Gasteiger partial charge in [0.15, 0.2) is 0 Å². The van der Waals surface area contributed by atoms with Crippen LogP contribution in [0.2, 0.25) is 0 Å². The molecule has 1 aromatic heterocycles. The Morgan fingerprint density at radius 3 is 2.78 bits per heavy atom. The van der Waals surface area contributed by atoms with Crippen LogP contribution in [-0.4, -0.2) is 29.7 Å². The summed E-state index contributed by atoms with van der Waals surface area (Å²) in [5, 5.41) is 10.1. The highest BCUT2D eigenvalue weighted by atomic mass is 16.3. The zero-order valence-corrected chi connectivity index (χ0v) is 11.6. The molecule has 1 unspecified atom stereocenters. The lowest BCUT2D eigenvalue weighted by Gasteiger charge is -2.22. The van der Waals surface area contributed by atoms with Gasteiger partial charge < -0.3 is 9.52 Å². The molecule has 1 atom stereocenters. The molecule has 3 nitrogen and oxygen atoms in total. The van der Waals surface area contributed by atoms with Crippen LogP contribution in [0.15, 0.2) is 16.7 Å². The molecule has 2 rings (SSSR count). The molecule has 0 aromatic carbocycles. The van der Waals surface area contributed by atoms with Crippen molar-refractivity contribution in [2.24, 2.45) is 5.92 Å². The first-order chi connectivity index (χ1) is 8.65. The van der Waals surface area contributed by atoms with Gasteiger partial charge in [-0.25, -0.2) is 0 Å². The molecule has 0 radical (unpaired) electrons. The van der Waals surface area contributed by atoms with E-state index in [0.29, 0.717) is 0 Å². The molecule has 0 aliphatic heterocycles. The quantitative estimate of drug-likeness (QED) is 0.844. The molecule has 3 heteroatoms. The molecule has 102 valence electrons. The van der Waals surface area contributed by atoms with E-state index in [4.69, 9.17) is 4.42 Å². The summed E-state index contributed by atoms with van der Waals surface area (Å²) in [5.41, 5.74) is 1.21. The van der Waals surface area contributed by atoms with Crippen molar-refractivity contribution < 1.29 is 9.52 Å². The number of aliphatic hydroxyl groups is 1. The first-order valence-electron chi connectivity index (χ1n) is 7.04. The molecule has 1 N–H and O–H groups in total. The van der Waals surface area contributed by atoms with Gasteiger partial charge in [0, 0.05) is 18.7 Å². The molecule has 0 amide bonds. The van der Waals surface area contributed by atoms with E-state index >= 15 is 0 Å². The Balaban J connectivity index is 1.73. The van der Waals surface area contributed by atoms with Gasteiger partial charge in [-0.05, 0) is 32.4 Å². The van der Waals surface area contributed by atoms with Crippen molar-refractivity contribution in [1.29, 1.82) is 0 Å². The summed E-state index contributed by atoms with van der Waals surface area (Å²) < 4.78 is 5.29. The molecule has 1 aromatic rings. The summed E-state index contributed by atoms with van der Waals surface area (Å²) in [7, 11) is 2.06. The Kier molecular flexibility index (Phi) is 4.84. The van der Waals surface area contributed by atoms with Crippen LogP contribution in [0.25, 0.3) is 0 Å². The highest BCUT2D eigenvalue weighted by Gasteiger charge is 2.19. The Hall–Kier alpha value is -0.800. The van der Waals surface area contributed by atoms with Gasteiger partial charge in [0.1, 0.15) is 5.76 Å². The van der Waals surface area contributed by atoms with Crippen molar-refractivity contribution in [3.63, 3.8) is 0 Å². The van der Waals surface area contributed by atoms with E-state index in [1.54, 1.807) is 6.26 Å². The number of likely N-dealkylation sites (N-methyl/N-ethyl adjacent to an activating group) is 1. The van der Waals surface area contributed by atoms with E-state index in [9.17, 15) is 5.11 Å². The first kappa shape index (κ1) is 13.6. The van der Waals surface area contributed by atoms with Gasteiger partial charge in [-0.2, -0.15) is 0 Å². The molecule has 0 saturated heterocycles. The number of furan rings is 1. The highest BCUT2D eigenvalue weighted by molar-refractivity contribution is 5.14. The monoisotopic (exact) mass is 251 g/mol. The lowest BCUT2D eigenvalue weighted by atomic mass is 10.00. The second kappa shape index (κ2) is 6.39. The predicted octanol–water partition coefficient (Wildman–Crippen LogP) is 2.96. The van der Waals surface area contributed by atoms with E-state index in [2.05, 4.69) is 11.9 Å². The van der Waals surface area contributed by atoms with Gasteiger partial charge in [0.25, 0.3) is 0 Å². The normalized spacial score (nSPS) is 18.7. The second-order valence-corrected chi connectivity index (χ2v) is 5.74. The molecular formula is C15H25NO2. The Labute approximate surface area is 110 Å². The fourth-order valence-corrected chi connectivity index (χ4v) is 3.00. The number of aryl methyl sites for hydroxylation is 1. The van der Waals surface area contributed by atoms with E-state index in [1.807, 2.05) is 13.0 Å². The maximum atomic E-state index is 10.1. The number of hydrogen-bond acceptors (Lipinski definition) is 3. The van der Waals surface area contributed by atoms with Crippen LogP contribution in [0.3, 0.4) is 0 Å². The van der Waals surface area contributed by atoms with Crippen LogP contribution in [0.4, 0.5) is 0 Å². The molecular weight excluding hydrogens is 226 g/mol. The summed E-state index contributed by atoms with van der Waals surface area (Å²) in [5.74, 6) is 1.73. The largest absolute Gasteiger partial charge is 0.469 e. The Morgan fingerprint density at radius 1 is 1.44 bits per heavy atom. The summed E-state index contributed by atoms with van der Waals surface area (Å²) in [6, 6.07) is 2.01. The van der Waals surface area contributed by atoms with E-state index in [1.165, 1.54) is 31.2 Å². The average Bonchev–Trinajstić information content (AvgIpc) is 2.91. The zero-order chi connectivity index (χ0) is 13.0. The predicted molar refractivity (Wildman–Crippen MR) is 72.4 cm³/mol. The van der Waals surface area contributed by atoms with Crippen LogP contribution >= 0.6 is 0 Å². The number of nitrogens with zero attached hydrogens (tertiary/aromatic N) is 1. The Bertz CT molecular complexity index is 355. The molecule has 1 heterocycles. The van der Waals surface area contributed by atoms with Gasteiger partial charge in [-0.1, -0.05) is 25.7 Å². The summed E-state index contributed by atoms with van der Waals surface area (Å²) in [6.45, 7) is 3.59. The Morgan fingerprint density at radius 2 is 2.17 bits per heavy atom. The summed E-state index contributed by atoms with van der Waals surface area (Å²) in [4.78, 5) is 2.18. The van der Waals surface area contributed by atoms with Gasteiger partial charge >= 0.3 is 0 Å². The maximum Gasteiger partial charge on any atom is 0.105 e. The molecule has 0 bridgehead atoms. The zero-order valence-electron chi connectivity index (χ0n) is 11.6. The lowest BCUT2D eigenvalue weighted by molar-refractivity contribution is 0.0992. The van der Waals surface area contributed by atoms with Crippen molar-refractivity contribution >= 4 is 0 Å². The van der Waals surface area contributed by atoms with Crippen molar-refractivity contribution in [2.75, 3.05) is 13.6 Å². The fourth-order valence-electron chi connectivity index (χ4n) is 3.00. The topological polar surface area (TPSA) is 36.6 Å². The van der Waals surface area contributed by atoms with E-state index in [0.717, 1.165) is 31.2 Å². The molecule has 1 saturated carbocycles. The number of rotatable bonds is 6. The third-order valence-electron chi connectivity index (χ3n) is 4.01. The highest BCUT2D eigenvalue weighted by Crippen LogP contribution is 2.28. The van der Waals surface area contributed by atoms with Crippen molar-refractivity contribution in [3.8, 4) is 0 Å². The molecule has 1 aliphatic rings. The van der Waals surface area contributed by atoms with Crippen LogP contribution in [0.5, 0.6) is 0 Å². The number of aliphatic hydroxyl groups excluding tert-OH is 1. The fraction of sp³-hybridized carbons (Fsp3) is 0.733. The third kappa shape index (κ3) is 3.85. The number of hydrogen-bond donors (Lipinski definition) is 1. The minimum absolute atomic E-state index is 0.190.